The predicted octanol–water partition coefficient (Wildman–Crippen LogP) is 2.86. The average Bonchev–Trinajstić information content (AvgIpc) is 3.12. The van der Waals surface area contributed by atoms with Crippen LogP contribution in [0.3, 0.4) is 0 Å². The van der Waals surface area contributed by atoms with Crippen molar-refractivity contribution in [3.8, 4) is 6.07 Å². The van der Waals surface area contributed by atoms with Gasteiger partial charge in [0, 0.05) is 18.9 Å². The summed E-state index contributed by atoms with van der Waals surface area (Å²) in [5, 5.41) is 8.99. The highest BCUT2D eigenvalue weighted by Gasteiger charge is 2.44. The highest BCUT2D eigenvalue weighted by atomic mass is 16.2. The van der Waals surface area contributed by atoms with E-state index in [1.54, 1.807) is 42.7 Å². The van der Waals surface area contributed by atoms with E-state index in [2.05, 4.69) is 4.98 Å². The molecule has 1 unspecified atom stereocenters. The Morgan fingerprint density at radius 2 is 1.75 bits per heavy atom. The van der Waals surface area contributed by atoms with Gasteiger partial charge in [0.1, 0.15) is 6.04 Å². The Morgan fingerprint density at radius 1 is 1.03 bits per heavy atom. The lowest BCUT2D eigenvalue weighted by atomic mass is 10.1. The van der Waals surface area contributed by atoms with Gasteiger partial charge in [-0.3, -0.25) is 19.4 Å². The van der Waals surface area contributed by atoms with E-state index in [1.807, 2.05) is 42.5 Å². The molecule has 7 nitrogen and oxygen atoms in total. The fraction of sp³-hybridized carbons (Fsp3) is 0.160. The molecule has 1 aliphatic heterocycles. The Balaban J connectivity index is 1.62. The molecule has 3 amide bonds. The molecule has 0 N–H and O–H groups in total. The maximum atomic E-state index is 13.3. The van der Waals surface area contributed by atoms with E-state index in [0.717, 1.165) is 16.0 Å². The van der Waals surface area contributed by atoms with Gasteiger partial charge in [-0.05, 0) is 41.5 Å². The van der Waals surface area contributed by atoms with Crippen LogP contribution in [0.15, 0.2) is 79.1 Å². The Morgan fingerprint density at radius 3 is 2.41 bits per heavy atom. The molecule has 158 valence electrons. The molecule has 7 heteroatoms. The second-order valence-electron chi connectivity index (χ2n) is 7.49. The Labute approximate surface area is 185 Å². The number of aromatic nitrogens is 1. The summed E-state index contributed by atoms with van der Waals surface area (Å²) in [6.07, 6.45) is 3.30. The van der Waals surface area contributed by atoms with Crippen molar-refractivity contribution < 1.29 is 14.4 Å². The molecule has 1 fully saturated rings. The number of carbonyl (C=O) groups is 3. The van der Waals surface area contributed by atoms with E-state index >= 15 is 0 Å². The second-order valence-corrected chi connectivity index (χ2v) is 7.49. The van der Waals surface area contributed by atoms with Gasteiger partial charge in [0.05, 0.1) is 30.2 Å². The fourth-order valence-electron chi connectivity index (χ4n) is 3.75. The molecule has 2 aromatic carbocycles. The van der Waals surface area contributed by atoms with Crippen molar-refractivity contribution in [3.05, 3.63) is 95.8 Å². The van der Waals surface area contributed by atoms with Crippen LogP contribution in [0, 0.1) is 11.3 Å². The number of hydrogen-bond donors (Lipinski definition) is 0. The standard InChI is InChI=1S/C25H20N4O3/c26-15-19-8-10-21(11-9-19)29-24(31)14-22(25(29)32)28(17-20-7-4-12-27-16-20)23(30)13-18-5-2-1-3-6-18/h1-12,16,22H,13-14,17H2. The predicted molar refractivity (Wildman–Crippen MR) is 117 cm³/mol. The van der Waals surface area contributed by atoms with Gasteiger partial charge in [-0.15, -0.1) is 0 Å². The number of pyridine rings is 1. The Kier molecular flexibility index (Phi) is 6.04. The molecule has 1 atom stereocenters. The van der Waals surface area contributed by atoms with Crippen LogP contribution >= 0.6 is 0 Å². The van der Waals surface area contributed by atoms with Gasteiger partial charge in [0.2, 0.25) is 11.8 Å². The summed E-state index contributed by atoms with van der Waals surface area (Å²) in [6.45, 7) is 0.171. The highest BCUT2D eigenvalue weighted by molar-refractivity contribution is 6.23. The van der Waals surface area contributed by atoms with E-state index in [9.17, 15) is 14.4 Å². The van der Waals surface area contributed by atoms with Crippen LogP contribution in [0.2, 0.25) is 0 Å². The molecule has 0 radical (unpaired) electrons. The molecule has 1 saturated heterocycles. The number of rotatable bonds is 6. The maximum absolute atomic E-state index is 13.3. The van der Waals surface area contributed by atoms with Crippen LogP contribution in [0.4, 0.5) is 5.69 Å². The number of nitriles is 1. The lowest BCUT2D eigenvalue weighted by Crippen LogP contribution is -2.45. The lowest BCUT2D eigenvalue weighted by molar-refractivity contribution is -0.138. The van der Waals surface area contributed by atoms with E-state index in [4.69, 9.17) is 5.26 Å². The summed E-state index contributed by atoms with van der Waals surface area (Å²) in [7, 11) is 0. The first kappa shape index (κ1) is 20.9. The fourth-order valence-corrected chi connectivity index (χ4v) is 3.75. The van der Waals surface area contributed by atoms with Crippen molar-refractivity contribution in [2.75, 3.05) is 4.90 Å². The van der Waals surface area contributed by atoms with Gasteiger partial charge in [0.15, 0.2) is 0 Å². The normalized spacial score (nSPS) is 15.5. The SMILES string of the molecule is N#Cc1ccc(N2C(=O)CC(N(Cc3cccnc3)C(=O)Cc3ccccc3)C2=O)cc1. The molecule has 0 aliphatic carbocycles. The lowest BCUT2D eigenvalue weighted by Gasteiger charge is -2.28. The minimum Gasteiger partial charge on any atom is -0.325 e. The van der Waals surface area contributed by atoms with Crippen LogP contribution in [-0.2, 0) is 27.3 Å². The number of hydrogen-bond acceptors (Lipinski definition) is 5. The first-order chi connectivity index (χ1) is 15.6. The third kappa shape index (κ3) is 4.40. The van der Waals surface area contributed by atoms with Crippen LogP contribution in [-0.4, -0.2) is 33.6 Å². The van der Waals surface area contributed by atoms with Gasteiger partial charge >= 0.3 is 0 Å². The Bertz CT molecular complexity index is 1170. The molecule has 32 heavy (non-hydrogen) atoms. The molecule has 1 aromatic heterocycles. The first-order valence-corrected chi connectivity index (χ1v) is 10.2. The molecule has 4 rings (SSSR count). The molecular weight excluding hydrogens is 404 g/mol. The van der Waals surface area contributed by atoms with Crippen LogP contribution < -0.4 is 4.90 Å². The van der Waals surface area contributed by atoms with Crippen molar-refractivity contribution in [1.82, 2.24) is 9.88 Å². The van der Waals surface area contributed by atoms with Crippen molar-refractivity contribution in [2.45, 2.75) is 25.4 Å². The number of nitrogens with zero attached hydrogens (tertiary/aromatic N) is 4. The zero-order valence-corrected chi connectivity index (χ0v) is 17.2. The quantitative estimate of drug-likeness (QED) is 0.567. The largest absolute Gasteiger partial charge is 0.325 e. The smallest absolute Gasteiger partial charge is 0.257 e. The zero-order valence-electron chi connectivity index (χ0n) is 17.2. The molecule has 3 aromatic rings. The number of carbonyl (C=O) groups excluding carboxylic acids is 3. The first-order valence-electron chi connectivity index (χ1n) is 10.2. The summed E-state index contributed by atoms with van der Waals surface area (Å²) >= 11 is 0. The van der Waals surface area contributed by atoms with Crippen molar-refractivity contribution in [2.24, 2.45) is 0 Å². The average molecular weight is 424 g/mol. The van der Waals surface area contributed by atoms with E-state index in [0.29, 0.717) is 11.3 Å². The van der Waals surface area contributed by atoms with Crippen LogP contribution in [0.5, 0.6) is 0 Å². The maximum Gasteiger partial charge on any atom is 0.257 e. The van der Waals surface area contributed by atoms with E-state index in [-0.39, 0.29) is 31.2 Å². The summed E-state index contributed by atoms with van der Waals surface area (Å²) in [5.74, 6) is -1.08. The molecule has 0 bridgehead atoms. The number of benzene rings is 2. The number of amides is 3. The molecule has 2 heterocycles. The second kappa shape index (κ2) is 9.23. The zero-order chi connectivity index (χ0) is 22.5. The molecule has 1 aliphatic rings. The number of anilines is 1. The summed E-state index contributed by atoms with van der Waals surface area (Å²) < 4.78 is 0. The Hall–Kier alpha value is -4.31. The summed E-state index contributed by atoms with van der Waals surface area (Å²) in [6, 6.07) is 20.2. The molecule has 0 saturated carbocycles. The minimum atomic E-state index is -0.908. The third-order valence-electron chi connectivity index (χ3n) is 5.35. The van der Waals surface area contributed by atoms with Crippen LogP contribution in [0.1, 0.15) is 23.1 Å². The monoisotopic (exact) mass is 424 g/mol. The topological polar surface area (TPSA) is 94.4 Å². The van der Waals surface area contributed by atoms with Crippen molar-refractivity contribution in [3.63, 3.8) is 0 Å². The summed E-state index contributed by atoms with van der Waals surface area (Å²) in [4.78, 5) is 46.0. The van der Waals surface area contributed by atoms with Crippen molar-refractivity contribution in [1.29, 1.82) is 5.26 Å². The van der Waals surface area contributed by atoms with Gasteiger partial charge in [0.25, 0.3) is 5.91 Å². The molecular formula is C25H20N4O3. The van der Waals surface area contributed by atoms with E-state index < -0.39 is 11.9 Å². The van der Waals surface area contributed by atoms with Gasteiger partial charge < -0.3 is 4.90 Å². The number of imide groups is 1. The van der Waals surface area contributed by atoms with Crippen molar-refractivity contribution >= 4 is 23.4 Å². The van der Waals surface area contributed by atoms with Gasteiger partial charge in [-0.2, -0.15) is 5.26 Å². The summed E-state index contributed by atoms with van der Waals surface area (Å²) in [5.41, 5.74) is 2.42. The van der Waals surface area contributed by atoms with Crippen LogP contribution in [0.25, 0.3) is 0 Å². The van der Waals surface area contributed by atoms with Gasteiger partial charge in [-0.1, -0.05) is 36.4 Å². The highest BCUT2D eigenvalue weighted by Crippen LogP contribution is 2.27. The van der Waals surface area contributed by atoms with E-state index in [1.165, 1.54) is 4.90 Å². The molecule has 0 spiro atoms. The van der Waals surface area contributed by atoms with Gasteiger partial charge in [-0.25, -0.2) is 4.90 Å². The third-order valence-corrected chi connectivity index (χ3v) is 5.35. The minimum absolute atomic E-state index is 0.0976.